The van der Waals surface area contributed by atoms with Crippen molar-refractivity contribution in [1.82, 2.24) is 15.1 Å². The van der Waals surface area contributed by atoms with E-state index in [2.05, 4.69) is 32.0 Å². The molecule has 2 aromatic carbocycles. The lowest BCUT2D eigenvalue weighted by Crippen LogP contribution is -2.52. The van der Waals surface area contributed by atoms with Gasteiger partial charge in [0.2, 0.25) is 11.8 Å². The van der Waals surface area contributed by atoms with E-state index < -0.39 is 6.36 Å². The first-order valence-electron chi connectivity index (χ1n) is 13.5. The number of nitrogens with one attached hydrogen (secondary N) is 1. The minimum absolute atomic E-state index is 0.0954. The molecule has 0 spiro atoms. The number of halogens is 3. The number of ether oxygens (including phenoxy) is 1. The number of hydrogen-bond acceptors (Lipinski definition) is 4. The van der Waals surface area contributed by atoms with Crippen LogP contribution in [0.4, 0.5) is 13.2 Å². The van der Waals surface area contributed by atoms with Gasteiger partial charge < -0.3 is 19.9 Å². The SMILES string of the molecule is O=C(Cc1ccc(OC(F)(F)F)cc1)NC1CCN(C2CCN(C(=O)C3CC3c3ccccc3)CC2)CC1. The summed E-state index contributed by atoms with van der Waals surface area (Å²) in [7, 11) is 0. The molecule has 2 heterocycles. The lowest BCUT2D eigenvalue weighted by atomic mass is 9.97. The topological polar surface area (TPSA) is 61.9 Å². The molecule has 9 heteroatoms. The molecule has 2 unspecified atom stereocenters. The summed E-state index contributed by atoms with van der Waals surface area (Å²) in [5.41, 5.74) is 1.90. The number of rotatable bonds is 7. The van der Waals surface area contributed by atoms with Gasteiger partial charge in [-0.1, -0.05) is 42.5 Å². The molecule has 38 heavy (non-hydrogen) atoms. The van der Waals surface area contributed by atoms with E-state index in [1.54, 1.807) is 0 Å². The normalized spacial score (nSPS) is 23.2. The van der Waals surface area contributed by atoms with Crippen LogP contribution in [0.2, 0.25) is 0 Å². The molecule has 2 atom stereocenters. The van der Waals surface area contributed by atoms with Crippen LogP contribution in [-0.4, -0.2) is 66.2 Å². The molecule has 2 aromatic rings. The fourth-order valence-electron chi connectivity index (χ4n) is 5.90. The highest BCUT2D eigenvalue weighted by atomic mass is 19.4. The van der Waals surface area contributed by atoms with Gasteiger partial charge >= 0.3 is 6.36 Å². The Morgan fingerprint density at radius 2 is 1.55 bits per heavy atom. The number of amides is 2. The minimum Gasteiger partial charge on any atom is -0.406 e. The quantitative estimate of drug-likeness (QED) is 0.574. The van der Waals surface area contributed by atoms with Gasteiger partial charge in [-0.05, 0) is 61.3 Å². The van der Waals surface area contributed by atoms with Gasteiger partial charge in [-0.25, -0.2) is 0 Å². The average molecular weight is 530 g/mol. The maximum atomic E-state index is 13.0. The van der Waals surface area contributed by atoms with Crippen molar-refractivity contribution < 1.29 is 27.5 Å². The van der Waals surface area contributed by atoms with E-state index in [0.717, 1.165) is 58.3 Å². The van der Waals surface area contributed by atoms with Crippen molar-refractivity contribution >= 4 is 11.8 Å². The second-order valence-corrected chi connectivity index (χ2v) is 10.7. The summed E-state index contributed by atoms with van der Waals surface area (Å²) in [6.45, 7) is 3.44. The van der Waals surface area contributed by atoms with E-state index in [1.165, 1.54) is 29.8 Å². The summed E-state index contributed by atoms with van der Waals surface area (Å²) in [4.78, 5) is 30.0. The molecule has 204 valence electrons. The number of alkyl halides is 3. The standard InChI is InChI=1S/C29H34F3N3O3/c30-29(31,32)38-24-8-6-20(7-9-24)18-27(36)33-22-10-14-34(15-11-22)23-12-16-35(17-13-23)28(37)26-19-25(26)21-4-2-1-3-5-21/h1-9,22-23,25-26H,10-19H2,(H,33,36). The Kier molecular flexibility index (Phi) is 7.93. The monoisotopic (exact) mass is 529 g/mol. The smallest absolute Gasteiger partial charge is 0.406 e. The van der Waals surface area contributed by atoms with Crippen LogP contribution in [-0.2, 0) is 16.0 Å². The van der Waals surface area contributed by atoms with Crippen LogP contribution in [0.15, 0.2) is 54.6 Å². The van der Waals surface area contributed by atoms with Crippen LogP contribution in [0.5, 0.6) is 5.75 Å². The highest BCUT2D eigenvalue weighted by molar-refractivity contribution is 5.83. The van der Waals surface area contributed by atoms with E-state index in [1.807, 2.05) is 18.2 Å². The lowest BCUT2D eigenvalue weighted by Gasteiger charge is -2.42. The zero-order valence-corrected chi connectivity index (χ0v) is 21.3. The van der Waals surface area contributed by atoms with Gasteiger partial charge in [0, 0.05) is 44.2 Å². The van der Waals surface area contributed by atoms with Crippen molar-refractivity contribution in [2.24, 2.45) is 5.92 Å². The molecule has 1 saturated carbocycles. The van der Waals surface area contributed by atoms with Gasteiger partial charge in [0.05, 0.1) is 6.42 Å². The number of nitrogens with zero attached hydrogens (tertiary/aromatic N) is 2. The van der Waals surface area contributed by atoms with Crippen molar-refractivity contribution in [2.45, 2.75) is 62.9 Å². The zero-order valence-electron chi connectivity index (χ0n) is 21.3. The summed E-state index contributed by atoms with van der Waals surface area (Å²) in [6.07, 6.45) is 0.0448. The van der Waals surface area contributed by atoms with Gasteiger partial charge in [0.15, 0.2) is 0 Å². The van der Waals surface area contributed by atoms with Crippen molar-refractivity contribution in [1.29, 1.82) is 0 Å². The number of carbonyl (C=O) groups is 2. The third-order valence-electron chi connectivity index (χ3n) is 8.04. The number of piperidine rings is 2. The molecule has 1 aliphatic carbocycles. The fraction of sp³-hybridized carbons (Fsp3) is 0.517. The Morgan fingerprint density at radius 3 is 2.18 bits per heavy atom. The summed E-state index contributed by atoms with van der Waals surface area (Å²) < 4.78 is 40.8. The van der Waals surface area contributed by atoms with Crippen LogP contribution < -0.4 is 10.1 Å². The van der Waals surface area contributed by atoms with Gasteiger partial charge in [-0.15, -0.1) is 13.2 Å². The number of hydrogen-bond donors (Lipinski definition) is 1. The Balaban J connectivity index is 1.00. The Bertz CT molecular complexity index is 1090. The van der Waals surface area contributed by atoms with Crippen LogP contribution in [0, 0.1) is 5.92 Å². The average Bonchev–Trinajstić information content (AvgIpc) is 3.71. The second kappa shape index (κ2) is 11.4. The molecular weight excluding hydrogens is 495 g/mol. The molecule has 0 radical (unpaired) electrons. The van der Waals surface area contributed by atoms with E-state index in [0.29, 0.717) is 23.4 Å². The first-order valence-corrected chi connectivity index (χ1v) is 13.5. The molecule has 3 aliphatic rings. The summed E-state index contributed by atoms with van der Waals surface area (Å²) >= 11 is 0. The Morgan fingerprint density at radius 1 is 0.895 bits per heavy atom. The molecule has 2 aliphatic heterocycles. The molecule has 1 N–H and O–H groups in total. The summed E-state index contributed by atoms with van der Waals surface area (Å²) in [6, 6.07) is 16.3. The van der Waals surface area contributed by atoms with Crippen molar-refractivity contribution in [3.8, 4) is 5.75 Å². The molecule has 2 saturated heterocycles. The van der Waals surface area contributed by atoms with Crippen molar-refractivity contribution in [2.75, 3.05) is 26.2 Å². The Labute approximate surface area is 221 Å². The number of benzene rings is 2. The number of likely N-dealkylation sites (tertiary alicyclic amines) is 2. The van der Waals surface area contributed by atoms with Crippen LogP contribution in [0.25, 0.3) is 0 Å². The molecular formula is C29H34F3N3O3. The lowest BCUT2D eigenvalue weighted by molar-refractivity contribution is -0.274. The summed E-state index contributed by atoms with van der Waals surface area (Å²) in [5.74, 6) is 0.390. The molecule has 6 nitrogen and oxygen atoms in total. The van der Waals surface area contributed by atoms with E-state index >= 15 is 0 Å². The zero-order chi connectivity index (χ0) is 26.7. The molecule has 0 aromatic heterocycles. The largest absolute Gasteiger partial charge is 0.573 e. The first kappa shape index (κ1) is 26.5. The van der Waals surface area contributed by atoms with Gasteiger partial charge in [0.25, 0.3) is 0 Å². The van der Waals surface area contributed by atoms with Crippen LogP contribution in [0.1, 0.15) is 49.1 Å². The van der Waals surface area contributed by atoms with Gasteiger partial charge in [-0.2, -0.15) is 0 Å². The molecule has 2 amide bonds. The maximum absolute atomic E-state index is 13.0. The van der Waals surface area contributed by atoms with E-state index in [9.17, 15) is 22.8 Å². The van der Waals surface area contributed by atoms with E-state index in [-0.39, 0.29) is 30.0 Å². The van der Waals surface area contributed by atoms with Gasteiger partial charge in [-0.3, -0.25) is 9.59 Å². The molecule has 3 fully saturated rings. The summed E-state index contributed by atoms with van der Waals surface area (Å²) in [5, 5.41) is 3.07. The van der Waals surface area contributed by atoms with Crippen LogP contribution >= 0.6 is 0 Å². The van der Waals surface area contributed by atoms with E-state index in [4.69, 9.17) is 0 Å². The van der Waals surface area contributed by atoms with Crippen molar-refractivity contribution in [3.63, 3.8) is 0 Å². The third kappa shape index (κ3) is 6.87. The van der Waals surface area contributed by atoms with Crippen LogP contribution in [0.3, 0.4) is 0 Å². The van der Waals surface area contributed by atoms with Crippen molar-refractivity contribution in [3.05, 3.63) is 65.7 Å². The first-order chi connectivity index (χ1) is 18.2. The predicted molar refractivity (Wildman–Crippen MR) is 136 cm³/mol. The fourth-order valence-corrected chi connectivity index (χ4v) is 5.90. The maximum Gasteiger partial charge on any atom is 0.573 e. The third-order valence-corrected chi connectivity index (χ3v) is 8.04. The van der Waals surface area contributed by atoms with Gasteiger partial charge in [0.1, 0.15) is 5.75 Å². The predicted octanol–water partition coefficient (Wildman–Crippen LogP) is 4.50. The number of carbonyl (C=O) groups excluding carboxylic acids is 2. The Hall–Kier alpha value is -3.07. The highest BCUT2D eigenvalue weighted by Crippen LogP contribution is 2.48. The minimum atomic E-state index is -4.73. The highest BCUT2D eigenvalue weighted by Gasteiger charge is 2.46. The molecule has 0 bridgehead atoms. The second-order valence-electron chi connectivity index (χ2n) is 10.7. The molecule has 5 rings (SSSR count).